The van der Waals surface area contributed by atoms with E-state index in [1.54, 1.807) is 76.3 Å². The molecule has 0 aromatic rings. The van der Waals surface area contributed by atoms with E-state index in [0.717, 1.165) is 0 Å². The van der Waals surface area contributed by atoms with Crippen molar-refractivity contribution in [3.05, 3.63) is 85.1 Å². The van der Waals surface area contributed by atoms with Crippen LogP contribution in [-0.2, 0) is 33.3 Å². The number of carbonyl (C=O) groups is 2. The summed E-state index contributed by atoms with van der Waals surface area (Å²) < 4.78 is 29.0. The molecule has 0 amide bonds. The number of hydrogen-bond acceptors (Lipinski definition) is 18. The van der Waals surface area contributed by atoms with Gasteiger partial charge < -0.3 is 80.5 Å². The summed E-state index contributed by atoms with van der Waals surface area (Å²) in [6, 6.07) is -1.13. The first-order valence-corrected chi connectivity index (χ1v) is 23.8. The van der Waals surface area contributed by atoms with E-state index in [4.69, 9.17) is 29.4 Å². The number of cyclic esters (lactones) is 1. The molecule has 0 aromatic heterocycles. The van der Waals surface area contributed by atoms with Crippen LogP contribution in [0.4, 0.5) is 0 Å². The lowest BCUT2D eigenvalue weighted by Gasteiger charge is -2.45. The van der Waals surface area contributed by atoms with E-state index in [2.05, 4.69) is 0 Å². The summed E-state index contributed by atoms with van der Waals surface area (Å²) in [5, 5.41) is 109. The van der Waals surface area contributed by atoms with E-state index in [-0.39, 0.29) is 38.2 Å². The minimum atomic E-state index is -2.27. The van der Waals surface area contributed by atoms with Crippen molar-refractivity contribution in [1.29, 1.82) is 0 Å². The fourth-order valence-electron chi connectivity index (χ4n) is 8.25. The number of fused-ring (bicyclic) bond motifs is 2. The summed E-state index contributed by atoms with van der Waals surface area (Å²) in [5.41, 5.74) is 6.08. The fraction of sp³-hybridized carbons (Fsp3) is 0.680. The highest BCUT2D eigenvalue weighted by Crippen LogP contribution is 2.38. The maximum Gasteiger partial charge on any atom is 0.314 e. The van der Waals surface area contributed by atoms with Crippen LogP contribution in [0, 0.1) is 17.8 Å². The predicted molar refractivity (Wildman–Crippen MR) is 251 cm³/mol. The molecule has 0 saturated carbocycles. The molecule has 0 aromatic carbocycles. The molecule has 0 unspecified atom stereocenters. The Morgan fingerprint density at radius 3 is 1.88 bits per heavy atom. The van der Waals surface area contributed by atoms with Crippen LogP contribution in [0.2, 0.25) is 0 Å². The first-order chi connectivity index (χ1) is 32.2. The van der Waals surface area contributed by atoms with Crippen LogP contribution in [0.5, 0.6) is 0 Å². The van der Waals surface area contributed by atoms with E-state index >= 15 is 0 Å². The first-order valence-electron chi connectivity index (χ1n) is 23.8. The van der Waals surface area contributed by atoms with Gasteiger partial charge in [-0.1, -0.05) is 106 Å². The van der Waals surface area contributed by atoms with Crippen molar-refractivity contribution in [1.82, 2.24) is 0 Å². The molecule has 0 radical (unpaired) electrons. The fourth-order valence-corrected chi connectivity index (χ4v) is 8.25. The molecule has 0 aliphatic carbocycles. The van der Waals surface area contributed by atoms with Gasteiger partial charge in [-0.05, 0) is 39.5 Å². The third-order valence-corrected chi connectivity index (χ3v) is 12.5. The topological polar surface area (TPSA) is 309 Å². The van der Waals surface area contributed by atoms with Gasteiger partial charge in [0, 0.05) is 37.5 Å². The molecule has 386 valence electrons. The predicted octanol–water partition coefficient (Wildman–Crippen LogP) is 1.58. The van der Waals surface area contributed by atoms with Gasteiger partial charge in [-0.3, -0.25) is 9.59 Å². The van der Waals surface area contributed by atoms with Gasteiger partial charge in [0.2, 0.25) is 0 Å². The summed E-state index contributed by atoms with van der Waals surface area (Å²) in [7, 11) is 0. The summed E-state index contributed by atoms with van der Waals surface area (Å²) in [4.78, 5) is 26.1. The number of aliphatic hydroxyl groups is 10. The standard InChI is InChI=1S/C50H79NO17/c1-6-23-64-48(62)43-40(57)29-50(63)28-36(54)25-39(56)38(55)22-21-34(52)24-35(53)26-42(58)65-32(4)31(3)45(59)30(2)19-17-15-13-11-9-7-8-10-12-14-16-18-20-37(27-41(43)68-50)67-49-47(61)44(51)46(60)33(5)66-49/h7-20,30-41,43-47,49,52-57,59-61,63H,6,21-29,51H2,1-5H3/b8-7+,11-9+,12-10+,15-13+,16-14+,19-17+,20-18+/t30-,31-,32-,33+,34+,35+,36-,37-,38+,39+,40-,41-,43+,44-,45+,46+,47+,49-,50+/m0/s1. The molecule has 12 N–H and O–H groups in total. The van der Waals surface area contributed by atoms with Gasteiger partial charge in [-0.2, -0.15) is 0 Å². The average Bonchev–Trinajstić information content (AvgIpc) is 3.26. The van der Waals surface area contributed by atoms with E-state index < -0.39 is 147 Å². The Labute approximate surface area is 400 Å². The maximum absolute atomic E-state index is 13.4. The van der Waals surface area contributed by atoms with Crippen molar-refractivity contribution in [2.45, 2.75) is 190 Å². The Kier molecular flexibility index (Phi) is 25.7. The van der Waals surface area contributed by atoms with Crippen LogP contribution in [0.15, 0.2) is 85.1 Å². The van der Waals surface area contributed by atoms with Gasteiger partial charge >= 0.3 is 11.9 Å². The highest BCUT2D eigenvalue weighted by atomic mass is 16.7. The molecule has 3 aliphatic rings. The molecule has 3 rings (SSSR count). The molecule has 19 atom stereocenters. The van der Waals surface area contributed by atoms with Crippen molar-refractivity contribution < 1.29 is 84.3 Å². The third kappa shape index (κ3) is 19.8. The molecule has 0 spiro atoms. The number of carbonyl (C=O) groups excluding carboxylic acids is 2. The lowest BCUT2D eigenvalue weighted by Crippen LogP contribution is -2.61. The molecule has 68 heavy (non-hydrogen) atoms. The Morgan fingerprint density at radius 2 is 1.28 bits per heavy atom. The Morgan fingerprint density at radius 1 is 0.691 bits per heavy atom. The van der Waals surface area contributed by atoms with Crippen molar-refractivity contribution in [2.24, 2.45) is 23.5 Å². The molecule has 18 heteroatoms. The quantitative estimate of drug-likeness (QED) is 0.174. The number of esters is 2. The van der Waals surface area contributed by atoms with Gasteiger partial charge in [0.15, 0.2) is 12.1 Å². The number of aliphatic hydroxyl groups excluding tert-OH is 9. The van der Waals surface area contributed by atoms with Crippen molar-refractivity contribution in [3.63, 3.8) is 0 Å². The molecule has 2 fully saturated rings. The molecular formula is C50H79NO17. The average molecular weight is 966 g/mol. The zero-order valence-electron chi connectivity index (χ0n) is 40.0. The minimum absolute atomic E-state index is 0.0350. The van der Waals surface area contributed by atoms with Gasteiger partial charge in [0.05, 0.1) is 86.2 Å². The second-order valence-electron chi connectivity index (χ2n) is 18.4. The van der Waals surface area contributed by atoms with Crippen LogP contribution < -0.4 is 5.73 Å². The first kappa shape index (κ1) is 58.9. The number of ether oxygens (including phenoxy) is 5. The van der Waals surface area contributed by atoms with Crippen LogP contribution in [0.1, 0.15) is 92.4 Å². The summed E-state index contributed by atoms with van der Waals surface area (Å²) in [5.74, 6) is -5.88. The Hall–Kier alpha value is -3.44. The summed E-state index contributed by atoms with van der Waals surface area (Å²) in [6.07, 6.45) is 5.07. The lowest BCUT2D eigenvalue weighted by atomic mass is 9.82. The van der Waals surface area contributed by atoms with E-state index in [0.29, 0.717) is 6.42 Å². The van der Waals surface area contributed by atoms with Crippen LogP contribution >= 0.6 is 0 Å². The third-order valence-electron chi connectivity index (χ3n) is 12.5. The zero-order chi connectivity index (χ0) is 50.6. The monoisotopic (exact) mass is 966 g/mol. The highest BCUT2D eigenvalue weighted by molar-refractivity contribution is 5.74. The van der Waals surface area contributed by atoms with Gasteiger partial charge in [0.1, 0.15) is 18.1 Å². The number of hydrogen-bond donors (Lipinski definition) is 11. The Balaban J connectivity index is 1.91. The van der Waals surface area contributed by atoms with Crippen molar-refractivity contribution in [2.75, 3.05) is 6.61 Å². The lowest BCUT2D eigenvalue weighted by molar-refractivity contribution is -0.309. The highest BCUT2D eigenvalue weighted by Gasteiger charge is 2.51. The van der Waals surface area contributed by atoms with E-state index in [9.17, 15) is 60.7 Å². The molecular weight excluding hydrogens is 887 g/mol. The molecule has 2 bridgehead atoms. The van der Waals surface area contributed by atoms with Crippen LogP contribution in [0.3, 0.4) is 0 Å². The minimum Gasteiger partial charge on any atom is -0.465 e. The normalized spacial score (nSPS) is 44.0. The SMILES string of the molecule is CCCOC(=O)[C@H]1[C@@H]2C[C@@H](O[C@@H]3O[C@H](C)[C@@H](O)[C@H](N)[C@H]3O)/C=C/C=C/C=C/C=C/C=C/C=C/C=C/[C@H](C)[C@@H](O)[C@@H](C)[C@H](C)OC(=O)C[C@H](O)C[C@H](O)CC[C@@H](O)[C@H](O)C[C@H](O)C[C@](O)(C[C@@H]1O)O2. The van der Waals surface area contributed by atoms with Crippen LogP contribution in [-0.4, -0.2) is 167 Å². The van der Waals surface area contributed by atoms with Crippen molar-refractivity contribution >= 4 is 11.9 Å². The second-order valence-corrected chi connectivity index (χ2v) is 18.4. The Bertz CT molecular complexity index is 1720. The summed E-state index contributed by atoms with van der Waals surface area (Å²) >= 11 is 0. The van der Waals surface area contributed by atoms with Gasteiger partial charge in [0.25, 0.3) is 0 Å². The summed E-state index contributed by atoms with van der Waals surface area (Å²) in [6.45, 7) is 8.61. The second kappa shape index (κ2) is 29.7. The van der Waals surface area contributed by atoms with Gasteiger partial charge in [-0.15, -0.1) is 0 Å². The van der Waals surface area contributed by atoms with E-state index in [1.165, 1.54) is 0 Å². The van der Waals surface area contributed by atoms with E-state index in [1.807, 2.05) is 43.4 Å². The molecule has 3 aliphatic heterocycles. The number of rotatable bonds is 5. The molecule has 18 nitrogen and oxygen atoms in total. The smallest absolute Gasteiger partial charge is 0.314 e. The zero-order valence-corrected chi connectivity index (χ0v) is 40.0. The molecule has 2 saturated heterocycles. The largest absolute Gasteiger partial charge is 0.465 e. The van der Waals surface area contributed by atoms with Crippen molar-refractivity contribution in [3.8, 4) is 0 Å². The van der Waals surface area contributed by atoms with Gasteiger partial charge in [-0.25, -0.2) is 0 Å². The van der Waals surface area contributed by atoms with Crippen LogP contribution in [0.25, 0.3) is 0 Å². The number of allylic oxidation sites excluding steroid dienone is 12. The maximum atomic E-state index is 13.4. The molecule has 3 heterocycles. The number of nitrogens with two attached hydrogens (primary N) is 1.